The Morgan fingerprint density at radius 2 is 1.89 bits per heavy atom. The Kier molecular flexibility index (Phi) is 4.24. The minimum atomic E-state index is 0.228. The number of thiocarbonyl (C=S) groups is 1. The molecular formula is C14H13ClN2OS. The van der Waals surface area contributed by atoms with Crippen molar-refractivity contribution in [3.63, 3.8) is 0 Å². The molecule has 0 radical (unpaired) electrons. The molecule has 98 valence electrons. The number of hydrogen-bond donors (Lipinski definition) is 2. The average Bonchev–Trinajstić information content (AvgIpc) is 2.39. The van der Waals surface area contributed by atoms with Gasteiger partial charge in [0.25, 0.3) is 0 Å². The molecule has 0 bridgehead atoms. The number of hydrogen-bond acceptors (Lipinski definition) is 2. The average molecular weight is 293 g/mol. The van der Waals surface area contributed by atoms with Crippen molar-refractivity contribution in [2.24, 2.45) is 0 Å². The van der Waals surface area contributed by atoms with Gasteiger partial charge in [0, 0.05) is 23.4 Å². The van der Waals surface area contributed by atoms with Crippen LogP contribution in [0.5, 0.6) is 5.75 Å². The van der Waals surface area contributed by atoms with E-state index >= 15 is 0 Å². The fourth-order valence-electron chi connectivity index (χ4n) is 1.57. The Labute approximate surface area is 122 Å². The molecule has 0 aliphatic carbocycles. The first-order valence-corrected chi connectivity index (χ1v) is 6.44. The van der Waals surface area contributed by atoms with Crippen LogP contribution in [0.25, 0.3) is 0 Å². The van der Waals surface area contributed by atoms with Crippen LogP contribution in [0.3, 0.4) is 0 Å². The summed E-state index contributed by atoms with van der Waals surface area (Å²) in [7, 11) is 1.85. The van der Waals surface area contributed by atoms with Crippen LogP contribution in [-0.4, -0.2) is 17.3 Å². The third-order valence-corrected chi connectivity index (χ3v) is 3.23. The number of rotatable bonds is 2. The van der Waals surface area contributed by atoms with Gasteiger partial charge in [-0.05, 0) is 54.7 Å². The van der Waals surface area contributed by atoms with Crippen molar-refractivity contribution in [2.45, 2.75) is 0 Å². The molecule has 2 N–H and O–H groups in total. The van der Waals surface area contributed by atoms with E-state index < -0.39 is 0 Å². The van der Waals surface area contributed by atoms with Crippen molar-refractivity contribution in [1.82, 2.24) is 0 Å². The van der Waals surface area contributed by atoms with Gasteiger partial charge in [-0.15, -0.1) is 0 Å². The molecule has 2 rings (SSSR count). The standard InChI is InChI=1S/C14H13ClN2OS/c1-17(12-5-7-13(18)8-6-12)14(19)16-11-4-2-3-10(15)9-11/h2-9,18H,1H3,(H,16,19). The van der Waals surface area contributed by atoms with Crippen LogP contribution in [-0.2, 0) is 0 Å². The number of phenolic OH excluding ortho intramolecular Hbond substituents is 1. The minimum Gasteiger partial charge on any atom is -0.508 e. The van der Waals surface area contributed by atoms with Crippen molar-refractivity contribution in [3.05, 3.63) is 53.6 Å². The fraction of sp³-hybridized carbons (Fsp3) is 0.0714. The van der Waals surface area contributed by atoms with Crippen LogP contribution < -0.4 is 10.2 Å². The normalized spacial score (nSPS) is 10.0. The molecule has 0 saturated carbocycles. The lowest BCUT2D eigenvalue weighted by atomic mass is 10.3. The van der Waals surface area contributed by atoms with E-state index in [1.54, 1.807) is 36.4 Å². The van der Waals surface area contributed by atoms with E-state index in [1.165, 1.54) is 0 Å². The van der Waals surface area contributed by atoms with Gasteiger partial charge in [-0.2, -0.15) is 0 Å². The molecule has 0 amide bonds. The van der Waals surface area contributed by atoms with Crippen molar-refractivity contribution in [1.29, 1.82) is 0 Å². The maximum Gasteiger partial charge on any atom is 0.177 e. The van der Waals surface area contributed by atoms with Gasteiger partial charge in [0.1, 0.15) is 5.75 Å². The van der Waals surface area contributed by atoms with E-state index in [0.29, 0.717) is 10.1 Å². The van der Waals surface area contributed by atoms with Crippen LogP contribution in [0.15, 0.2) is 48.5 Å². The lowest BCUT2D eigenvalue weighted by Gasteiger charge is -2.21. The molecule has 2 aromatic carbocycles. The third kappa shape index (κ3) is 3.59. The van der Waals surface area contributed by atoms with Crippen LogP contribution >= 0.6 is 23.8 Å². The van der Waals surface area contributed by atoms with Crippen molar-refractivity contribution in [2.75, 3.05) is 17.3 Å². The first-order chi connectivity index (χ1) is 9.06. The molecule has 0 spiro atoms. The molecular weight excluding hydrogens is 280 g/mol. The largest absolute Gasteiger partial charge is 0.508 e. The highest BCUT2D eigenvalue weighted by Gasteiger charge is 2.07. The summed E-state index contributed by atoms with van der Waals surface area (Å²) in [4.78, 5) is 1.82. The van der Waals surface area contributed by atoms with Crippen molar-refractivity contribution < 1.29 is 5.11 Å². The zero-order valence-electron chi connectivity index (χ0n) is 10.3. The lowest BCUT2D eigenvalue weighted by molar-refractivity contribution is 0.475. The number of halogens is 1. The van der Waals surface area contributed by atoms with Crippen LogP contribution in [0.1, 0.15) is 0 Å². The smallest absolute Gasteiger partial charge is 0.177 e. The second-order valence-corrected chi connectivity index (χ2v) is 4.84. The summed E-state index contributed by atoms with van der Waals surface area (Å²) in [6.07, 6.45) is 0. The fourth-order valence-corrected chi connectivity index (χ4v) is 1.98. The zero-order valence-corrected chi connectivity index (χ0v) is 11.9. The number of aromatic hydroxyl groups is 1. The highest BCUT2D eigenvalue weighted by molar-refractivity contribution is 7.80. The Hall–Kier alpha value is -1.78. The van der Waals surface area contributed by atoms with Gasteiger partial charge < -0.3 is 15.3 Å². The van der Waals surface area contributed by atoms with Crippen molar-refractivity contribution in [3.8, 4) is 5.75 Å². The van der Waals surface area contributed by atoms with Gasteiger partial charge in [-0.25, -0.2) is 0 Å². The Balaban J connectivity index is 2.09. The summed E-state index contributed by atoms with van der Waals surface area (Å²) in [5.74, 6) is 0.228. The van der Waals surface area contributed by atoms with E-state index in [1.807, 2.05) is 24.1 Å². The summed E-state index contributed by atoms with van der Waals surface area (Å²) >= 11 is 11.2. The van der Waals surface area contributed by atoms with Gasteiger partial charge in [0.15, 0.2) is 5.11 Å². The number of nitrogens with one attached hydrogen (secondary N) is 1. The first kappa shape index (κ1) is 13.6. The van der Waals surface area contributed by atoms with Gasteiger partial charge in [-0.3, -0.25) is 0 Å². The summed E-state index contributed by atoms with van der Waals surface area (Å²) in [5, 5.41) is 13.6. The monoisotopic (exact) mass is 292 g/mol. The Bertz CT molecular complexity index is 586. The van der Waals surface area contributed by atoms with E-state index in [2.05, 4.69) is 5.32 Å². The van der Waals surface area contributed by atoms with E-state index in [0.717, 1.165) is 11.4 Å². The van der Waals surface area contributed by atoms with Crippen LogP contribution in [0, 0.1) is 0 Å². The zero-order chi connectivity index (χ0) is 13.8. The van der Waals surface area contributed by atoms with Crippen molar-refractivity contribution >= 4 is 40.3 Å². The number of anilines is 2. The second-order valence-electron chi connectivity index (χ2n) is 4.02. The second kappa shape index (κ2) is 5.91. The highest BCUT2D eigenvalue weighted by Crippen LogP contribution is 2.19. The summed E-state index contributed by atoms with van der Waals surface area (Å²) in [6, 6.07) is 14.2. The van der Waals surface area contributed by atoms with E-state index in [-0.39, 0.29) is 5.75 Å². The third-order valence-electron chi connectivity index (χ3n) is 2.62. The number of nitrogens with zero attached hydrogens (tertiary/aromatic N) is 1. The molecule has 19 heavy (non-hydrogen) atoms. The van der Waals surface area contributed by atoms with Gasteiger partial charge in [0.2, 0.25) is 0 Å². The Morgan fingerprint density at radius 3 is 2.53 bits per heavy atom. The topological polar surface area (TPSA) is 35.5 Å². The quantitative estimate of drug-likeness (QED) is 0.824. The summed E-state index contributed by atoms with van der Waals surface area (Å²) < 4.78 is 0. The lowest BCUT2D eigenvalue weighted by Crippen LogP contribution is -2.30. The van der Waals surface area contributed by atoms with Gasteiger partial charge in [0.05, 0.1) is 0 Å². The predicted molar refractivity (Wildman–Crippen MR) is 84.2 cm³/mol. The summed E-state index contributed by atoms with van der Waals surface area (Å²) in [5.41, 5.74) is 1.72. The van der Waals surface area contributed by atoms with Gasteiger partial charge >= 0.3 is 0 Å². The highest BCUT2D eigenvalue weighted by atomic mass is 35.5. The molecule has 0 aromatic heterocycles. The molecule has 0 saturated heterocycles. The first-order valence-electron chi connectivity index (χ1n) is 5.65. The van der Waals surface area contributed by atoms with Crippen LogP contribution in [0.2, 0.25) is 5.02 Å². The predicted octanol–water partition coefficient (Wildman–Crippen LogP) is 3.88. The van der Waals surface area contributed by atoms with E-state index in [4.69, 9.17) is 23.8 Å². The Morgan fingerprint density at radius 1 is 1.21 bits per heavy atom. The number of benzene rings is 2. The molecule has 0 unspecified atom stereocenters. The molecule has 5 heteroatoms. The molecule has 0 atom stereocenters. The molecule has 0 heterocycles. The molecule has 0 aliphatic rings. The molecule has 0 aliphatic heterocycles. The van der Waals surface area contributed by atoms with Gasteiger partial charge in [-0.1, -0.05) is 17.7 Å². The minimum absolute atomic E-state index is 0.228. The van der Waals surface area contributed by atoms with Crippen LogP contribution in [0.4, 0.5) is 11.4 Å². The summed E-state index contributed by atoms with van der Waals surface area (Å²) in [6.45, 7) is 0. The maximum absolute atomic E-state index is 9.26. The molecule has 0 fully saturated rings. The number of phenols is 1. The molecule has 2 aromatic rings. The molecule has 3 nitrogen and oxygen atoms in total. The SMILES string of the molecule is CN(C(=S)Nc1cccc(Cl)c1)c1ccc(O)cc1. The van der Waals surface area contributed by atoms with E-state index in [9.17, 15) is 5.11 Å². The maximum atomic E-state index is 9.26.